The summed E-state index contributed by atoms with van der Waals surface area (Å²) in [6.45, 7) is 6.45. The molecule has 2 unspecified atom stereocenters. The highest BCUT2D eigenvalue weighted by atomic mass is 16.5. The number of piperazine rings is 1. The summed E-state index contributed by atoms with van der Waals surface area (Å²) in [6, 6.07) is 7.36. The van der Waals surface area contributed by atoms with E-state index in [9.17, 15) is 9.90 Å². The maximum atomic E-state index is 12.5. The summed E-state index contributed by atoms with van der Waals surface area (Å²) in [5, 5.41) is 13.8. The number of nitrogens with one attached hydrogen (secondary N) is 1. The van der Waals surface area contributed by atoms with Crippen molar-refractivity contribution in [3.05, 3.63) is 29.8 Å². The molecule has 2 fully saturated rings. The van der Waals surface area contributed by atoms with Crippen LogP contribution in [0, 0.1) is 0 Å². The normalized spacial score (nSPS) is 21.2. The molecular formula is C21H32N4O4. The molecule has 160 valence electrons. The van der Waals surface area contributed by atoms with Crippen LogP contribution in [-0.4, -0.2) is 85.9 Å². The number of methoxy groups -OCH3 is 1. The lowest BCUT2D eigenvalue weighted by molar-refractivity contribution is -0.142. The molecule has 0 radical (unpaired) electrons. The zero-order valence-corrected chi connectivity index (χ0v) is 17.3. The lowest BCUT2D eigenvalue weighted by atomic mass is 10.1. The minimum Gasteiger partial charge on any atom is -0.497 e. The van der Waals surface area contributed by atoms with Crippen LogP contribution in [-0.2, 0) is 9.53 Å². The minimum atomic E-state index is -0.683. The Morgan fingerprint density at radius 2 is 1.97 bits per heavy atom. The fourth-order valence-corrected chi connectivity index (χ4v) is 3.64. The van der Waals surface area contributed by atoms with Crippen LogP contribution in [0.3, 0.4) is 0 Å². The lowest BCUT2D eigenvalue weighted by Crippen LogP contribution is -2.55. The molecule has 3 rings (SSSR count). The van der Waals surface area contributed by atoms with Gasteiger partial charge in [-0.05, 0) is 37.5 Å². The number of guanidine groups is 1. The van der Waals surface area contributed by atoms with Crippen molar-refractivity contribution in [2.45, 2.75) is 32.0 Å². The molecule has 8 heteroatoms. The van der Waals surface area contributed by atoms with Crippen molar-refractivity contribution in [1.82, 2.24) is 15.1 Å². The maximum Gasteiger partial charge on any atom is 0.251 e. The number of hydrogen-bond donors (Lipinski definition) is 2. The molecule has 0 aliphatic carbocycles. The highest BCUT2D eigenvalue weighted by Crippen LogP contribution is 2.18. The van der Waals surface area contributed by atoms with Crippen molar-refractivity contribution in [1.29, 1.82) is 0 Å². The van der Waals surface area contributed by atoms with Crippen LogP contribution in [0.4, 0.5) is 0 Å². The zero-order valence-electron chi connectivity index (χ0n) is 17.3. The third-order valence-corrected chi connectivity index (χ3v) is 5.35. The predicted octanol–water partition coefficient (Wildman–Crippen LogP) is 1.02. The molecule has 2 atom stereocenters. The number of benzene rings is 1. The molecule has 29 heavy (non-hydrogen) atoms. The Bertz CT molecular complexity index is 680. The van der Waals surface area contributed by atoms with Crippen LogP contribution in [0.15, 0.2) is 29.3 Å². The number of carbonyl (C=O) groups is 1. The average molecular weight is 405 g/mol. The third kappa shape index (κ3) is 5.61. The Balaban J connectivity index is 1.55. The molecule has 2 aliphatic rings. The SMILES string of the molecule is CCNC(=NCC(O)c1ccc(OC)cc1)N1CCN(C(=O)C2CCCO2)CC1. The van der Waals surface area contributed by atoms with Crippen molar-refractivity contribution < 1.29 is 19.4 Å². The van der Waals surface area contributed by atoms with Crippen LogP contribution in [0.5, 0.6) is 5.75 Å². The van der Waals surface area contributed by atoms with Gasteiger partial charge in [0.2, 0.25) is 0 Å². The predicted molar refractivity (Wildman–Crippen MR) is 111 cm³/mol. The maximum absolute atomic E-state index is 12.5. The minimum absolute atomic E-state index is 0.110. The average Bonchev–Trinajstić information content (AvgIpc) is 3.31. The van der Waals surface area contributed by atoms with E-state index in [1.54, 1.807) is 7.11 Å². The standard InChI is InChI=1S/C21H32N4O4/c1-3-22-21(23-15-18(26)16-6-8-17(28-2)9-7-16)25-12-10-24(11-13-25)20(27)19-5-4-14-29-19/h6-9,18-19,26H,3-5,10-15H2,1-2H3,(H,22,23). The first-order chi connectivity index (χ1) is 14.1. The summed E-state index contributed by atoms with van der Waals surface area (Å²) in [6.07, 6.45) is 0.844. The van der Waals surface area contributed by atoms with E-state index in [1.165, 1.54) is 0 Å². The van der Waals surface area contributed by atoms with Crippen molar-refractivity contribution in [2.24, 2.45) is 4.99 Å². The molecule has 0 saturated carbocycles. The summed E-state index contributed by atoms with van der Waals surface area (Å²) in [4.78, 5) is 21.2. The second-order valence-corrected chi connectivity index (χ2v) is 7.30. The van der Waals surface area contributed by atoms with Gasteiger partial charge in [-0.25, -0.2) is 0 Å². The highest BCUT2D eigenvalue weighted by Gasteiger charge is 2.30. The summed E-state index contributed by atoms with van der Waals surface area (Å²) >= 11 is 0. The highest BCUT2D eigenvalue weighted by molar-refractivity contribution is 5.82. The van der Waals surface area contributed by atoms with E-state index in [2.05, 4.69) is 15.2 Å². The fraction of sp³-hybridized carbons (Fsp3) is 0.619. The van der Waals surface area contributed by atoms with Crippen LogP contribution >= 0.6 is 0 Å². The first-order valence-electron chi connectivity index (χ1n) is 10.4. The molecule has 2 aliphatic heterocycles. The Kier molecular flexibility index (Phi) is 7.71. The van der Waals surface area contributed by atoms with Gasteiger partial charge >= 0.3 is 0 Å². The van der Waals surface area contributed by atoms with Gasteiger partial charge in [-0.15, -0.1) is 0 Å². The largest absolute Gasteiger partial charge is 0.497 e. The molecule has 0 spiro atoms. The van der Waals surface area contributed by atoms with Crippen LogP contribution in [0.25, 0.3) is 0 Å². The monoisotopic (exact) mass is 404 g/mol. The quantitative estimate of drug-likeness (QED) is 0.544. The molecule has 0 bridgehead atoms. The number of hydrogen-bond acceptors (Lipinski definition) is 5. The molecule has 1 amide bonds. The second kappa shape index (κ2) is 10.5. The lowest BCUT2D eigenvalue weighted by Gasteiger charge is -2.37. The van der Waals surface area contributed by atoms with E-state index >= 15 is 0 Å². The van der Waals surface area contributed by atoms with Crippen LogP contribution in [0.1, 0.15) is 31.4 Å². The molecular weight excluding hydrogens is 372 g/mol. The molecule has 2 N–H and O–H groups in total. The third-order valence-electron chi connectivity index (χ3n) is 5.35. The number of amides is 1. The number of ether oxygens (including phenoxy) is 2. The van der Waals surface area contributed by atoms with Gasteiger partial charge < -0.3 is 29.7 Å². The number of aliphatic hydroxyl groups excluding tert-OH is 1. The number of rotatable bonds is 6. The molecule has 1 aromatic rings. The smallest absolute Gasteiger partial charge is 0.251 e. The van der Waals surface area contributed by atoms with Crippen LogP contribution < -0.4 is 10.1 Å². The van der Waals surface area contributed by atoms with Gasteiger partial charge in [0.05, 0.1) is 19.8 Å². The Morgan fingerprint density at radius 3 is 2.55 bits per heavy atom. The summed E-state index contributed by atoms with van der Waals surface area (Å²) in [5.41, 5.74) is 0.803. The summed E-state index contributed by atoms with van der Waals surface area (Å²) in [5.74, 6) is 1.64. The number of carbonyl (C=O) groups excluding carboxylic acids is 1. The topological polar surface area (TPSA) is 86.6 Å². The van der Waals surface area contributed by atoms with Crippen molar-refractivity contribution in [3.63, 3.8) is 0 Å². The molecule has 1 aromatic carbocycles. The first kappa shape index (κ1) is 21.4. The van der Waals surface area contributed by atoms with Crippen molar-refractivity contribution in [2.75, 3.05) is 53.0 Å². The summed E-state index contributed by atoms with van der Waals surface area (Å²) in [7, 11) is 1.62. The van der Waals surface area contributed by atoms with Gasteiger partial charge in [0, 0.05) is 39.3 Å². The van der Waals surface area contributed by atoms with Gasteiger partial charge in [-0.1, -0.05) is 12.1 Å². The van der Waals surface area contributed by atoms with Gasteiger partial charge in [0.15, 0.2) is 5.96 Å². The summed E-state index contributed by atoms with van der Waals surface area (Å²) < 4.78 is 10.7. The van der Waals surface area contributed by atoms with Gasteiger partial charge in [0.25, 0.3) is 5.91 Å². The van der Waals surface area contributed by atoms with E-state index in [0.717, 1.165) is 36.7 Å². The molecule has 2 heterocycles. The Morgan fingerprint density at radius 1 is 1.28 bits per heavy atom. The van der Waals surface area contributed by atoms with E-state index in [0.29, 0.717) is 32.8 Å². The van der Waals surface area contributed by atoms with Crippen molar-refractivity contribution >= 4 is 11.9 Å². The fourth-order valence-electron chi connectivity index (χ4n) is 3.64. The number of nitrogens with zero attached hydrogens (tertiary/aromatic N) is 3. The van der Waals surface area contributed by atoms with E-state index in [4.69, 9.17) is 9.47 Å². The van der Waals surface area contributed by atoms with Crippen LogP contribution in [0.2, 0.25) is 0 Å². The van der Waals surface area contributed by atoms with Gasteiger partial charge in [0.1, 0.15) is 11.9 Å². The van der Waals surface area contributed by atoms with E-state index < -0.39 is 6.10 Å². The Hall–Kier alpha value is -2.32. The van der Waals surface area contributed by atoms with E-state index in [1.807, 2.05) is 36.1 Å². The molecule has 2 saturated heterocycles. The molecule has 8 nitrogen and oxygen atoms in total. The zero-order chi connectivity index (χ0) is 20.6. The number of aliphatic hydroxyl groups is 1. The van der Waals surface area contributed by atoms with Gasteiger partial charge in [-0.3, -0.25) is 9.79 Å². The second-order valence-electron chi connectivity index (χ2n) is 7.30. The van der Waals surface area contributed by atoms with Gasteiger partial charge in [-0.2, -0.15) is 0 Å². The first-order valence-corrected chi connectivity index (χ1v) is 10.4. The Labute approximate surface area is 172 Å². The van der Waals surface area contributed by atoms with E-state index in [-0.39, 0.29) is 18.6 Å². The molecule has 0 aromatic heterocycles. The number of aliphatic imine (C=N–C) groups is 1. The van der Waals surface area contributed by atoms with Crippen molar-refractivity contribution in [3.8, 4) is 5.75 Å².